The summed E-state index contributed by atoms with van der Waals surface area (Å²) in [5.41, 5.74) is 1.32. The van der Waals surface area contributed by atoms with E-state index in [0.29, 0.717) is 36.6 Å². The van der Waals surface area contributed by atoms with Crippen LogP contribution in [0.1, 0.15) is 30.1 Å². The summed E-state index contributed by atoms with van der Waals surface area (Å²) >= 11 is 0. The highest BCUT2D eigenvalue weighted by molar-refractivity contribution is 6.06. The summed E-state index contributed by atoms with van der Waals surface area (Å²) in [6.45, 7) is 4.28. The highest BCUT2D eigenvalue weighted by Gasteiger charge is 2.28. The maximum atomic E-state index is 12.6. The Morgan fingerprint density at radius 1 is 1.35 bits per heavy atom. The summed E-state index contributed by atoms with van der Waals surface area (Å²) in [6, 6.07) is 7.26. The number of fused-ring (bicyclic) bond motifs is 1. The molecule has 1 fully saturated rings. The number of hydrogen-bond donors (Lipinski definition) is 1. The zero-order valence-corrected chi connectivity index (χ0v) is 15.7. The Morgan fingerprint density at radius 3 is 2.92 bits per heavy atom. The lowest BCUT2D eigenvalue weighted by Crippen LogP contribution is -2.39. The molecular formula is C20H27N3O3. The van der Waals surface area contributed by atoms with Crippen molar-refractivity contribution >= 4 is 22.8 Å². The fourth-order valence-corrected chi connectivity index (χ4v) is 3.67. The van der Waals surface area contributed by atoms with Crippen LogP contribution in [0.25, 0.3) is 11.0 Å². The average Bonchev–Trinajstić information content (AvgIpc) is 3.22. The van der Waals surface area contributed by atoms with Gasteiger partial charge in [0.2, 0.25) is 5.91 Å². The lowest BCUT2D eigenvalue weighted by Gasteiger charge is -2.21. The van der Waals surface area contributed by atoms with Crippen LogP contribution in [0, 0.1) is 5.92 Å². The van der Waals surface area contributed by atoms with Crippen LogP contribution in [0.5, 0.6) is 0 Å². The van der Waals surface area contributed by atoms with E-state index in [4.69, 9.17) is 4.42 Å². The number of nitrogens with zero attached hydrogens (tertiary/aromatic N) is 2. The first-order chi connectivity index (χ1) is 12.4. The molecule has 140 valence electrons. The van der Waals surface area contributed by atoms with Crippen LogP contribution < -0.4 is 5.32 Å². The minimum absolute atomic E-state index is 0.00207. The van der Waals surface area contributed by atoms with Crippen molar-refractivity contribution in [2.24, 2.45) is 5.92 Å². The summed E-state index contributed by atoms with van der Waals surface area (Å²) in [7, 11) is 4.03. The Bertz CT molecular complexity index is 783. The normalized spacial score (nSPS) is 18.5. The van der Waals surface area contributed by atoms with Gasteiger partial charge in [0.25, 0.3) is 5.91 Å². The summed E-state index contributed by atoms with van der Waals surface area (Å²) in [5.74, 6) is 0.384. The van der Waals surface area contributed by atoms with Gasteiger partial charge in [-0.25, -0.2) is 0 Å². The van der Waals surface area contributed by atoms with E-state index in [2.05, 4.69) is 17.1 Å². The second kappa shape index (κ2) is 7.91. The molecule has 2 amide bonds. The van der Waals surface area contributed by atoms with Gasteiger partial charge < -0.3 is 19.5 Å². The average molecular weight is 357 g/mol. The standard InChI is InChI=1S/C20H27N3O3/c1-14(12-22(2)3)11-19(24)23-9-7-15(13-23)21-20(25)17-5-4-6-18-16(17)8-10-26-18/h4-6,8,10,14-15H,7,9,11-13H2,1-3H3,(H,21,25). The summed E-state index contributed by atoms with van der Waals surface area (Å²) < 4.78 is 5.36. The second-order valence-electron chi connectivity index (χ2n) is 7.51. The minimum Gasteiger partial charge on any atom is -0.464 e. The first kappa shape index (κ1) is 18.5. The monoisotopic (exact) mass is 357 g/mol. The first-order valence-corrected chi connectivity index (χ1v) is 9.13. The molecule has 0 bridgehead atoms. The lowest BCUT2D eigenvalue weighted by molar-refractivity contribution is -0.131. The van der Waals surface area contributed by atoms with Crippen LogP contribution in [0.4, 0.5) is 0 Å². The van der Waals surface area contributed by atoms with Crippen molar-refractivity contribution in [1.82, 2.24) is 15.1 Å². The Morgan fingerprint density at radius 2 is 2.15 bits per heavy atom. The Kier molecular flexibility index (Phi) is 5.61. The Labute approximate surface area is 154 Å². The van der Waals surface area contributed by atoms with Crippen LogP contribution in [0.2, 0.25) is 0 Å². The molecular weight excluding hydrogens is 330 g/mol. The maximum absolute atomic E-state index is 12.6. The van der Waals surface area contributed by atoms with Crippen molar-refractivity contribution in [3.63, 3.8) is 0 Å². The minimum atomic E-state index is -0.114. The lowest BCUT2D eigenvalue weighted by atomic mass is 10.1. The van der Waals surface area contributed by atoms with Gasteiger partial charge in [-0.1, -0.05) is 13.0 Å². The van der Waals surface area contributed by atoms with Crippen molar-refractivity contribution < 1.29 is 14.0 Å². The second-order valence-corrected chi connectivity index (χ2v) is 7.51. The molecule has 1 aromatic heterocycles. The third-order valence-corrected chi connectivity index (χ3v) is 4.82. The Hall–Kier alpha value is -2.34. The predicted molar refractivity (Wildman–Crippen MR) is 101 cm³/mol. The van der Waals surface area contributed by atoms with Gasteiger partial charge in [0, 0.05) is 37.5 Å². The third-order valence-electron chi connectivity index (χ3n) is 4.82. The summed E-state index contributed by atoms with van der Waals surface area (Å²) in [4.78, 5) is 29.1. The largest absolute Gasteiger partial charge is 0.464 e. The van der Waals surface area contributed by atoms with E-state index >= 15 is 0 Å². The van der Waals surface area contributed by atoms with Crippen molar-refractivity contribution in [3.8, 4) is 0 Å². The highest BCUT2D eigenvalue weighted by atomic mass is 16.3. The molecule has 6 heteroatoms. The van der Waals surface area contributed by atoms with Gasteiger partial charge in [0.15, 0.2) is 0 Å². The van der Waals surface area contributed by atoms with E-state index in [0.717, 1.165) is 18.4 Å². The topological polar surface area (TPSA) is 65.8 Å². The van der Waals surface area contributed by atoms with Gasteiger partial charge >= 0.3 is 0 Å². The van der Waals surface area contributed by atoms with Gasteiger partial charge in [-0.2, -0.15) is 0 Å². The van der Waals surface area contributed by atoms with Crippen LogP contribution in [0.3, 0.4) is 0 Å². The van der Waals surface area contributed by atoms with Gasteiger partial charge in [-0.3, -0.25) is 9.59 Å². The van der Waals surface area contributed by atoms with Crippen LogP contribution in [-0.2, 0) is 4.79 Å². The molecule has 0 saturated carbocycles. The van der Waals surface area contributed by atoms with E-state index in [-0.39, 0.29) is 17.9 Å². The molecule has 1 aliphatic rings. The van der Waals surface area contributed by atoms with Crippen LogP contribution in [-0.4, -0.2) is 61.4 Å². The zero-order valence-electron chi connectivity index (χ0n) is 15.7. The van der Waals surface area contributed by atoms with E-state index in [1.165, 1.54) is 0 Å². The number of amides is 2. The predicted octanol–water partition coefficient (Wildman–Crippen LogP) is 2.35. The molecule has 0 spiro atoms. The molecule has 3 rings (SSSR count). The molecule has 1 aliphatic heterocycles. The number of furan rings is 1. The molecule has 1 aromatic carbocycles. The zero-order chi connectivity index (χ0) is 18.7. The molecule has 0 aliphatic carbocycles. The molecule has 1 N–H and O–H groups in total. The summed E-state index contributed by atoms with van der Waals surface area (Å²) in [5, 5.41) is 3.88. The van der Waals surface area contributed by atoms with Crippen LogP contribution >= 0.6 is 0 Å². The first-order valence-electron chi connectivity index (χ1n) is 9.13. The van der Waals surface area contributed by atoms with E-state index < -0.39 is 0 Å². The van der Waals surface area contributed by atoms with Crippen molar-refractivity contribution in [3.05, 3.63) is 36.1 Å². The number of nitrogens with one attached hydrogen (secondary N) is 1. The number of benzene rings is 1. The smallest absolute Gasteiger partial charge is 0.252 e. The SMILES string of the molecule is CC(CC(=O)N1CCC(NC(=O)c2cccc3occc23)C1)CN(C)C. The molecule has 2 unspecified atom stereocenters. The van der Waals surface area contributed by atoms with Crippen molar-refractivity contribution in [2.75, 3.05) is 33.7 Å². The van der Waals surface area contributed by atoms with E-state index in [9.17, 15) is 9.59 Å². The molecule has 26 heavy (non-hydrogen) atoms. The fraction of sp³-hybridized carbons (Fsp3) is 0.500. The van der Waals surface area contributed by atoms with Crippen LogP contribution in [0.15, 0.2) is 34.9 Å². The molecule has 2 heterocycles. The number of hydrogen-bond acceptors (Lipinski definition) is 4. The molecule has 6 nitrogen and oxygen atoms in total. The number of likely N-dealkylation sites (tertiary alicyclic amines) is 1. The summed E-state index contributed by atoms with van der Waals surface area (Å²) in [6.07, 6.45) is 2.93. The third kappa shape index (κ3) is 4.25. The van der Waals surface area contributed by atoms with Gasteiger partial charge in [0.05, 0.1) is 11.8 Å². The Balaban J connectivity index is 1.55. The van der Waals surface area contributed by atoms with Gasteiger partial charge in [-0.05, 0) is 44.6 Å². The molecule has 2 atom stereocenters. The fourth-order valence-electron chi connectivity index (χ4n) is 3.67. The van der Waals surface area contributed by atoms with Gasteiger partial charge in [-0.15, -0.1) is 0 Å². The number of rotatable bonds is 6. The molecule has 2 aromatic rings. The quantitative estimate of drug-likeness (QED) is 0.862. The highest BCUT2D eigenvalue weighted by Crippen LogP contribution is 2.20. The number of carbonyl (C=O) groups excluding carboxylic acids is 2. The van der Waals surface area contributed by atoms with E-state index in [1.54, 1.807) is 18.4 Å². The van der Waals surface area contributed by atoms with E-state index in [1.807, 2.05) is 31.1 Å². The molecule has 0 radical (unpaired) electrons. The number of carbonyl (C=O) groups is 2. The molecule has 1 saturated heterocycles. The van der Waals surface area contributed by atoms with Crippen molar-refractivity contribution in [2.45, 2.75) is 25.8 Å². The maximum Gasteiger partial charge on any atom is 0.252 e. The van der Waals surface area contributed by atoms with Crippen molar-refractivity contribution in [1.29, 1.82) is 0 Å². The van der Waals surface area contributed by atoms with Gasteiger partial charge in [0.1, 0.15) is 5.58 Å².